The maximum Gasteiger partial charge on any atom is 0.242 e. The Morgan fingerprint density at radius 2 is 1.81 bits per heavy atom. The van der Waals surface area contributed by atoms with Crippen molar-refractivity contribution in [1.82, 2.24) is 19.4 Å². The summed E-state index contributed by atoms with van der Waals surface area (Å²) in [5, 5.41) is 0. The first-order valence-electron chi connectivity index (χ1n) is 9.47. The van der Waals surface area contributed by atoms with Gasteiger partial charge in [0, 0.05) is 50.2 Å². The Bertz CT molecular complexity index is 718. The summed E-state index contributed by atoms with van der Waals surface area (Å²) in [6.07, 6.45) is 6.27. The van der Waals surface area contributed by atoms with Crippen LogP contribution in [-0.2, 0) is 11.3 Å². The second-order valence-corrected chi connectivity index (χ2v) is 8.23. The lowest BCUT2D eigenvalue weighted by molar-refractivity contribution is -0.133. The molecule has 2 aromatic rings. The maximum absolute atomic E-state index is 12.8. The molecule has 1 aromatic heterocycles. The van der Waals surface area contributed by atoms with Gasteiger partial charge in [-0.1, -0.05) is 30.3 Å². The van der Waals surface area contributed by atoms with Crippen LogP contribution in [0.4, 0.5) is 0 Å². The predicted molar refractivity (Wildman–Crippen MR) is 106 cm³/mol. The van der Waals surface area contributed by atoms with Crippen LogP contribution in [-0.4, -0.2) is 69.0 Å². The molecule has 4 rings (SSSR count). The summed E-state index contributed by atoms with van der Waals surface area (Å²) in [5.41, 5.74) is 1.05. The molecule has 0 spiro atoms. The van der Waals surface area contributed by atoms with E-state index < -0.39 is 0 Å². The number of benzene rings is 1. The van der Waals surface area contributed by atoms with Gasteiger partial charge in [-0.05, 0) is 24.3 Å². The van der Waals surface area contributed by atoms with Crippen molar-refractivity contribution in [2.75, 3.05) is 37.7 Å². The molecule has 0 bridgehead atoms. The van der Waals surface area contributed by atoms with Gasteiger partial charge in [0.1, 0.15) is 12.4 Å². The van der Waals surface area contributed by atoms with E-state index >= 15 is 0 Å². The fourth-order valence-corrected chi connectivity index (χ4v) is 5.00. The number of hydrogen-bond acceptors (Lipinski definition) is 4. The third kappa shape index (κ3) is 3.96. The van der Waals surface area contributed by atoms with Crippen LogP contribution >= 0.6 is 11.8 Å². The molecule has 2 aliphatic heterocycles. The van der Waals surface area contributed by atoms with Crippen molar-refractivity contribution in [3.8, 4) is 11.4 Å². The third-order valence-electron chi connectivity index (χ3n) is 5.43. The number of thioether (sulfide) groups is 1. The Labute approximate surface area is 159 Å². The maximum atomic E-state index is 12.8. The predicted octanol–water partition coefficient (Wildman–Crippen LogP) is 2.59. The van der Waals surface area contributed by atoms with E-state index in [4.69, 9.17) is 0 Å². The number of carbonyl (C=O) groups excluding carboxylic acids is 1. The van der Waals surface area contributed by atoms with Crippen molar-refractivity contribution in [2.24, 2.45) is 0 Å². The number of hydrogen-bond donors (Lipinski definition) is 0. The Morgan fingerprint density at radius 3 is 2.54 bits per heavy atom. The first-order valence-corrected chi connectivity index (χ1v) is 10.6. The van der Waals surface area contributed by atoms with Gasteiger partial charge in [0.05, 0.1) is 0 Å². The zero-order chi connectivity index (χ0) is 17.8. The minimum Gasteiger partial charge on any atom is -0.339 e. The fraction of sp³-hybridized carbons (Fsp3) is 0.500. The molecule has 6 heteroatoms. The van der Waals surface area contributed by atoms with Gasteiger partial charge in [-0.25, -0.2) is 4.98 Å². The van der Waals surface area contributed by atoms with Crippen molar-refractivity contribution in [3.05, 3.63) is 42.7 Å². The monoisotopic (exact) mass is 370 g/mol. The van der Waals surface area contributed by atoms with Crippen LogP contribution in [0.25, 0.3) is 11.4 Å². The van der Waals surface area contributed by atoms with Crippen LogP contribution in [0.15, 0.2) is 42.7 Å². The normalized spacial score (nSPS) is 19.6. The molecule has 2 saturated heterocycles. The smallest absolute Gasteiger partial charge is 0.242 e. The molecule has 0 saturated carbocycles. The minimum atomic E-state index is 0.194. The van der Waals surface area contributed by atoms with E-state index in [1.807, 2.05) is 46.0 Å². The zero-order valence-corrected chi connectivity index (χ0v) is 15.9. The molecule has 0 radical (unpaired) electrons. The van der Waals surface area contributed by atoms with Gasteiger partial charge in [-0.15, -0.1) is 0 Å². The summed E-state index contributed by atoms with van der Waals surface area (Å²) in [7, 11) is 0. The van der Waals surface area contributed by atoms with E-state index in [0.29, 0.717) is 6.54 Å². The fourth-order valence-electron chi connectivity index (χ4n) is 3.92. The Morgan fingerprint density at radius 1 is 1.08 bits per heavy atom. The minimum absolute atomic E-state index is 0.194. The number of imidazole rings is 1. The van der Waals surface area contributed by atoms with E-state index in [2.05, 4.69) is 21.6 Å². The highest BCUT2D eigenvalue weighted by Gasteiger charge is 2.27. The summed E-state index contributed by atoms with van der Waals surface area (Å²) < 4.78 is 1.96. The number of rotatable bonds is 4. The van der Waals surface area contributed by atoms with Gasteiger partial charge >= 0.3 is 0 Å². The number of nitrogens with zero attached hydrogens (tertiary/aromatic N) is 4. The lowest BCUT2D eigenvalue weighted by Crippen LogP contribution is -2.53. The van der Waals surface area contributed by atoms with Gasteiger partial charge in [-0.3, -0.25) is 9.69 Å². The first-order chi connectivity index (χ1) is 12.8. The lowest BCUT2D eigenvalue weighted by Gasteiger charge is -2.40. The lowest BCUT2D eigenvalue weighted by atomic mass is 10.1. The second kappa shape index (κ2) is 8.27. The van der Waals surface area contributed by atoms with Crippen LogP contribution in [0.3, 0.4) is 0 Å². The van der Waals surface area contributed by atoms with Crippen LogP contribution in [0, 0.1) is 0 Å². The molecule has 5 nitrogen and oxygen atoms in total. The van der Waals surface area contributed by atoms with Gasteiger partial charge in [-0.2, -0.15) is 11.8 Å². The largest absolute Gasteiger partial charge is 0.339 e. The summed E-state index contributed by atoms with van der Waals surface area (Å²) in [6.45, 7) is 4.08. The Balaban J connectivity index is 1.34. The van der Waals surface area contributed by atoms with Crippen LogP contribution in [0.1, 0.15) is 12.8 Å². The molecular formula is C20H26N4OS. The van der Waals surface area contributed by atoms with Gasteiger partial charge < -0.3 is 9.47 Å². The average molecular weight is 371 g/mol. The molecule has 3 heterocycles. The molecule has 26 heavy (non-hydrogen) atoms. The molecule has 138 valence electrons. The molecule has 0 atom stereocenters. The molecule has 0 N–H and O–H groups in total. The van der Waals surface area contributed by atoms with Crippen LogP contribution in [0.5, 0.6) is 0 Å². The summed E-state index contributed by atoms with van der Waals surface area (Å²) in [4.78, 5) is 21.8. The van der Waals surface area contributed by atoms with Gasteiger partial charge in [0.2, 0.25) is 5.91 Å². The van der Waals surface area contributed by atoms with E-state index in [0.717, 1.165) is 43.6 Å². The quantitative estimate of drug-likeness (QED) is 0.830. The van der Waals surface area contributed by atoms with Crippen molar-refractivity contribution in [2.45, 2.75) is 25.4 Å². The summed E-state index contributed by atoms with van der Waals surface area (Å²) in [5.74, 6) is 3.62. The molecule has 0 unspecified atom stereocenters. The SMILES string of the molecule is O=C(Cn1ccnc1-c1ccccc1)N1CCN(C2CCSCC2)CC1. The molecule has 1 amide bonds. The standard InChI is InChI=1S/C20H26N4OS/c25-19(16-24-9-8-21-20(24)17-4-2-1-3-5-17)23-12-10-22(11-13-23)18-6-14-26-15-7-18/h1-5,8-9,18H,6-7,10-16H2. The highest BCUT2D eigenvalue weighted by atomic mass is 32.2. The van der Waals surface area contributed by atoms with E-state index in [1.54, 1.807) is 6.20 Å². The number of aromatic nitrogens is 2. The van der Waals surface area contributed by atoms with Crippen molar-refractivity contribution >= 4 is 17.7 Å². The van der Waals surface area contributed by atoms with Crippen LogP contribution < -0.4 is 0 Å². The van der Waals surface area contributed by atoms with E-state index in [9.17, 15) is 4.79 Å². The van der Waals surface area contributed by atoms with Gasteiger partial charge in [0.15, 0.2) is 0 Å². The second-order valence-electron chi connectivity index (χ2n) is 7.01. The number of piperazine rings is 1. The van der Waals surface area contributed by atoms with Crippen molar-refractivity contribution in [3.63, 3.8) is 0 Å². The van der Waals surface area contributed by atoms with E-state index in [1.165, 1.54) is 24.3 Å². The Kier molecular flexibility index (Phi) is 5.60. The van der Waals surface area contributed by atoms with Crippen LogP contribution in [0.2, 0.25) is 0 Å². The molecule has 2 fully saturated rings. The van der Waals surface area contributed by atoms with Gasteiger partial charge in [0.25, 0.3) is 0 Å². The first kappa shape index (κ1) is 17.6. The average Bonchev–Trinajstić information content (AvgIpc) is 3.17. The van der Waals surface area contributed by atoms with Crippen molar-refractivity contribution < 1.29 is 4.79 Å². The molecule has 2 aliphatic rings. The highest BCUT2D eigenvalue weighted by molar-refractivity contribution is 7.99. The topological polar surface area (TPSA) is 41.4 Å². The summed E-state index contributed by atoms with van der Waals surface area (Å²) >= 11 is 2.07. The zero-order valence-electron chi connectivity index (χ0n) is 15.1. The summed E-state index contributed by atoms with van der Waals surface area (Å²) in [6, 6.07) is 10.8. The number of carbonyl (C=O) groups is 1. The number of amides is 1. The Hall–Kier alpha value is -1.79. The molecule has 1 aromatic carbocycles. The third-order valence-corrected chi connectivity index (χ3v) is 6.48. The van der Waals surface area contributed by atoms with E-state index in [-0.39, 0.29) is 5.91 Å². The van der Waals surface area contributed by atoms with Crippen molar-refractivity contribution in [1.29, 1.82) is 0 Å². The molecular weight excluding hydrogens is 344 g/mol. The highest BCUT2D eigenvalue weighted by Crippen LogP contribution is 2.23. The molecule has 0 aliphatic carbocycles.